The van der Waals surface area contributed by atoms with Gasteiger partial charge in [-0.25, -0.2) is 9.69 Å². The highest BCUT2D eigenvalue weighted by Gasteiger charge is 2.51. The molecule has 9 nitrogen and oxygen atoms in total. The molecule has 2 aromatic rings. The van der Waals surface area contributed by atoms with E-state index in [4.69, 9.17) is 16.0 Å². The third-order valence-electron chi connectivity index (χ3n) is 5.61. The lowest BCUT2D eigenvalue weighted by Crippen LogP contribution is -2.52. The zero-order valence-corrected chi connectivity index (χ0v) is 17.9. The van der Waals surface area contributed by atoms with Crippen LogP contribution in [0.3, 0.4) is 0 Å². The van der Waals surface area contributed by atoms with E-state index in [2.05, 4.69) is 10.6 Å². The fraction of sp³-hybridized carbons (Fsp3) is 0.381. The molecule has 31 heavy (non-hydrogen) atoms. The van der Waals surface area contributed by atoms with Gasteiger partial charge in [0.05, 0.1) is 30.2 Å². The number of amides is 4. The molecular weight excluding hydrogens is 422 g/mol. The summed E-state index contributed by atoms with van der Waals surface area (Å²) in [5, 5.41) is 6.04. The predicted molar refractivity (Wildman–Crippen MR) is 114 cm³/mol. The van der Waals surface area contributed by atoms with Crippen molar-refractivity contribution in [3.05, 3.63) is 53.4 Å². The number of para-hydroxylation sites is 1. The Balaban J connectivity index is 1.27. The van der Waals surface area contributed by atoms with Crippen LogP contribution in [0.5, 0.6) is 0 Å². The van der Waals surface area contributed by atoms with Crippen LogP contribution in [0, 0.1) is 0 Å². The molecule has 0 aliphatic carbocycles. The van der Waals surface area contributed by atoms with Gasteiger partial charge in [-0.15, -0.1) is 0 Å². The minimum atomic E-state index is -1.20. The number of imide groups is 1. The lowest BCUT2D eigenvalue weighted by molar-refractivity contribution is -0.133. The SMILES string of the molecule is C[C@]1(c2ccco2)NC(=O)N(CN2CCN(CC(=O)Nc3ccccc3Cl)CC2)C1=O. The number of anilines is 1. The first kappa shape index (κ1) is 21.4. The highest BCUT2D eigenvalue weighted by Crippen LogP contribution is 2.29. The Morgan fingerprint density at radius 1 is 1.13 bits per heavy atom. The lowest BCUT2D eigenvalue weighted by atomic mass is 9.99. The number of benzene rings is 1. The maximum atomic E-state index is 12.9. The lowest BCUT2D eigenvalue weighted by Gasteiger charge is -2.35. The van der Waals surface area contributed by atoms with E-state index in [-0.39, 0.29) is 25.0 Å². The molecule has 0 saturated carbocycles. The molecular formula is C21H24ClN5O4. The molecule has 1 aromatic heterocycles. The number of carbonyl (C=O) groups excluding carboxylic acids is 3. The van der Waals surface area contributed by atoms with Gasteiger partial charge in [0.2, 0.25) is 5.91 Å². The number of nitrogens with zero attached hydrogens (tertiary/aromatic N) is 3. The Bertz CT molecular complexity index is 974. The van der Waals surface area contributed by atoms with Gasteiger partial charge >= 0.3 is 6.03 Å². The van der Waals surface area contributed by atoms with Crippen LogP contribution in [0.1, 0.15) is 12.7 Å². The number of nitrogens with one attached hydrogen (secondary N) is 2. The van der Waals surface area contributed by atoms with E-state index < -0.39 is 11.6 Å². The second-order valence-electron chi connectivity index (χ2n) is 7.83. The van der Waals surface area contributed by atoms with E-state index in [0.29, 0.717) is 42.6 Å². The summed E-state index contributed by atoms with van der Waals surface area (Å²) in [5.41, 5.74) is -0.606. The largest absolute Gasteiger partial charge is 0.466 e. The Morgan fingerprint density at radius 2 is 1.84 bits per heavy atom. The maximum Gasteiger partial charge on any atom is 0.326 e. The fourth-order valence-corrected chi connectivity index (χ4v) is 3.98. The minimum Gasteiger partial charge on any atom is -0.466 e. The Kier molecular flexibility index (Phi) is 5.99. The van der Waals surface area contributed by atoms with Gasteiger partial charge in [0.15, 0.2) is 5.54 Å². The first-order valence-electron chi connectivity index (χ1n) is 10.0. The molecule has 10 heteroatoms. The summed E-state index contributed by atoms with van der Waals surface area (Å²) in [5.74, 6) is -0.0680. The molecule has 3 heterocycles. The number of furan rings is 1. The van der Waals surface area contributed by atoms with Crippen molar-refractivity contribution in [2.24, 2.45) is 0 Å². The van der Waals surface area contributed by atoms with Crippen LogP contribution in [0.15, 0.2) is 47.1 Å². The molecule has 4 amide bonds. The quantitative estimate of drug-likeness (QED) is 0.659. The van der Waals surface area contributed by atoms with E-state index >= 15 is 0 Å². The molecule has 164 valence electrons. The average molecular weight is 446 g/mol. The minimum absolute atomic E-state index is 0.134. The van der Waals surface area contributed by atoms with Gasteiger partial charge in [-0.05, 0) is 31.2 Å². The molecule has 2 N–H and O–H groups in total. The van der Waals surface area contributed by atoms with E-state index in [1.54, 1.807) is 37.3 Å². The molecule has 0 bridgehead atoms. The standard InChI is InChI=1S/C21H24ClN5O4/c1-21(17-7-4-12-31-17)19(29)27(20(30)24-21)14-26-10-8-25(9-11-26)13-18(28)23-16-6-3-2-5-15(16)22/h2-7,12H,8-11,13-14H2,1H3,(H,23,28)(H,24,30)/t21-/m1/s1. The van der Waals surface area contributed by atoms with Crippen LogP contribution < -0.4 is 10.6 Å². The number of hydrogen-bond acceptors (Lipinski definition) is 6. The van der Waals surface area contributed by atoms with E-state index in [0.717, 1.165) is 0 Å². The van der Waals surface area contributed by atoms with E-state index in [1.165, 1.54) is 11.2 Å². The Hall–Kier alpha value is -2.88. The summed E-state index contributed by atoms with van der Waals surface area (Å²) in [6, 6.07) is 10.0. The van der Waals surface area contributed by atoms with Crippen molar-refractivity contribution in [1.29, 1.82) is 0 Å². The van der Waals surface area contributed by atoms with Crippen LogP contribution in [-0.4, -0.2) is 71.9 Å². The zero-order chi connectivity index (χ0) is 22.0. The van der Waals surface area contributed by atoms with Gasteiger partial charge in [0.25, 0.3) is 5.91 Å². The monoisotopic (exact) mass is 445 g/mol. The normalized spacial score (nSPS) is 22.6. The van der Waals surface area contributed by atoms with E-state index in [1.807, 2.05) is 15.9 Å². The highest BCUT2D eigenvalue weighted by molar-refractivity contribution is 6.33. The summed E-state index contributed by atoms with van der Waals surface area (Å²) >= 11 is 6.08. The number of urea groups is 1. The van der Waals surface area contributed by atoms with Gasteiger partial charge < -0.3 is 15.1 Å². The first-order valence-corrected chi connectivity index (χ1v) is 10.4. The molecule has 2 aliphatic rings. The van der Waals surface area contributed by atoms with Gasteiger partial charge in [0.1, 0.15) is 5.76 Å². The molecule has 4 rings (SSSR count). The van der Waals surface area contributed by atoms with Crippen molar-refractivity contribution < 1.29 is 18.8 Å². The number of halogens is 1. The van der Waals surface area contributed by atoms with Gasteiger partial charge in [0, 0.05) is 26.2 Å². The third kappa shape index (κ3) is 4.43. The van der Waals surface area contributed by atoms with Crippen LogP contribution in [0.4, 0.5) is 10.5 Å². The summed E-state index contributed by atoms with van der Waals surface area (Å²) in [6.45, 7) is 4.65. The van der Waals surface area contributed by atoms with Crippen molar-refractivity contribution in [3.8, 4) is 0 Å². The van der Waals surface area contributed by atoms with E-state index in [9.17, 15) is 14.4 Å². The molecule has 0 unspecified atom stereocenters. The number of piperazine rings is 1. The molecule has 2 saturated heterocycles. The van der Waals surface area contributed by atoms with Crippen molar-refractivity contribution in [1.82, 2.24) is 20.0 Å². The highest BCUT2D eigenvalue weighted by atomic mass is 35.5. The van der Waals surface area contributed by atoms with Gasteiger partial charge in [-0.3, -0.25) is 19.4 Å². The molecule has 2 fully saturated rings. The maximum absolute atomic E-state index is 12.9. The topological polar surface area (TPSA) is 98.1 Å². The molecule has 0 radical (unpaired) electrons. The molecule has 1 atom stereocenters. The summed E-state index contributed by atoms with van der Waals surface area (Å²) < 4.78 is 5.35. The number of rotatable bonds is 6. The Labute approximate surface area is 184 Å². The molecule has 1 aromatic carbocycles. The van der Waals surface area contributed by atoms with Crippen LogP contribution in [0.2, 0.25) is 5.02 Å². The van der Waals surface area contributed by atoms with Gasteiger partial charge in [-0.1, -0.05) is 23.7 Å². The first-order chi connectivity index (χ1) is 14.9. The molecule has 0 spiro atoms. The number of carbonyl (C=O) groups is 3. The summed E-state index contributed by atoms with van der Waals surface area (Å²) in [6.07, 6.45) is 1.48. The van der Waals surface area contributed by atoms with Gasteiger partial charge in [-0.2, -0.15) is 0 Å². The van der Waals surface area contributed by atoms with Crippen LogP contribution in [-0.2, 0) is 15.1 Å². The third-order valence-corrected chi connectivity index (χ3v) is 5.94. The molecule has 2 aliphatic heterocycles. The second kappa shape index (κ2) is 8.70. The van der Waals surface area contributed by atoms with Crippen molar-refractivity contribution in [3.63, 3.8) is 0 Å². The zero-order valence-electron chi connectivity index (χ0n) is 17.1. The summed E-state index contributed by atoms with van der Waals surface area (Å²) in [7, 11) is 0. The van der Waals surface area contributed by atoms with Crippen LogP contribution >= 0.6 is 11.6 Å². The Morgan fingerprint density at radius 3 is 2.52 bits per heavy atom. The average Bonchev–Trinajstić information content (AvgIpc) is 3.36. The van der Waals surface area contributed by atoms with Crippen molar-refractivity contribution in [2.75, 3.05) is 44.7 Å². The number of hydrogen-bond donors (Lipinski definition) is 2. The predicted octanol–water partition coefficient (Wildman–Crippen LogP) is 1.91. The van der Waals surface area contributed by atoms with Crippen molar-refractivity contribution in [2.45, 2.75) is 12.5 Å². The smallest absolute Gasteiger partial charge is 0.326 e. The second-order valence-corrected chi connectivity index (χ2v) is 8.24. The fourth-order valence-electron chi connectivity index (χ4n) is 3.80. The van der Waals surface area contributed by atoms with Crippen molar-refractivity contribution >= 4 is 35.1 Å². The summed E-state index contributed by atoms with van der Waals surface area (Å²) in [4.78, 5) is 42.9. The van der Waals surface area contributed by atoms with Crippen LogP contribution in [0.25, 0.3) is 0 Å².